The lowest BCUT2D eigenvalue weighted by Gasteiger charge is -2.06. The zero-order valence-corrected chi connectivity index (χ0v) is 7.80. The predicted molar refractivity (Wildman–Crippen MR) is 54.1 cm³/mol. The molecule has 66 valence electrons. The van der Waals surface area contributed by atoms with Crippen LogP contribution in [0.25, 0.3) is 0 Å². The molecule has 13 heavy (non-hydrogen) atoms. The molecule has 0 amide bonds. The topological polar surface area (TPSA) is 12.0 Å². The van der Waals surface area contributed by atoms with E-state index in [0.29, 0.717) is 6.04 Å². The molecule has 0 aromatic heterocycles. The standard InChI is InChI=1S/C12H13N/c1-2-3-8-12-11-7-5-4-6-10(11)9-13-12/h4-7,12-13H,8-9H2,1H3. The molecular formula is C12H13N. The van der Waals surface area contributed by atoms with Gasteiger partial charge in [-0.2, -0.15) is 0 Å². The molecule has 0 saturated heterocycles. The van der Waals surface area contributed by atoms with Gasteiger partial charge in [0.05, 0.1) is 0 Å². The molecule has 0 bridgehead atoms. The van der Waals surface area contributed by atoms with Gasteiger partial charge in [0.2, 0.25) is 0 Å². The molecule has 1 nitrogen and oxygen atoms in total. The summed E-state index contributed by atoms with van der Waals surface area (Å²) in [6.45, 7) is 2.88. The fourth-order valence-corrected chi connectivity index (χ4v) is 1.76. The molecule has 1 heteroatoms. The molecule has 0 radical (unpaired) electrons. The van der Waals surface area contributed by atoms with Crippen molar-refractivity contribution >= 4 is 0 Å². The van der Waals surface area contributed by atoms with Crippen LogP contribution in [0, 0.1) is 11.8 Å². The molecule has 1 heterocycles. The molecule has 1 N–H and O–H groups in total. The number of nitrogens with one attached hydrogen (secondary N) is 1. The van der Waals surface area contributed by atoms with Crippen LogP contribution in [0.3, 0.4) is 0 Å². The van der Waals surface area contributed by atoms with Crippen LogP contribution >= 0.6 is 0 Å². The van der Waals surface area contributed by atoms with Crippen molar-refractivity contribution in [1.29, 1.82) is 0 Å². The van der Waals surface area contributed by atoms with E-state index in [9.17, 15) is 0 Å². The van der Waals surface area contributed by atoms with Crippen LogP contribution in [0.15, 0.2) is 24.3 Å². The minimum atomic E-state index is 0.448. The van der Waals surface area contributed by atoms with E-state index in [1.807, 2.05) is 6.92 Å². The molecule has 0 spiro atoms. The highest BCUT2D eigenvalue weighted by Crippen LogP contribution is 2.26. The average molecular weight is 171 g/mol. The predicted octanol–water partition coefficient (Wildman–Crippen LogP) is 2.24. The van der Waals surface area contributed by atoms with E-state index in [1.54, 1.807) is 0 Å². The molecule has 1 aliphatic rings. The van der Waals surface area contributed by atoms with Crippen molar-refractivity contribution in [2.75, 3.05) is 0 Å². The Labute approximate surface area is 79.2 Å². The summed E-state index contributed by atoms with van der Waals surface area (Å²) in [6.07, 6.45) is 0.924. The quantitative estimate of drug-likeness (QED) is 0.639. The Morgan fingerprint density at radius 2 is 2.31 bits per heavy atom. The summed E-state index contributed by atoms with van der Waals surface area (Å²) in [4.78, 5) is 0. The van der Waals surface area contributed by atoms with Crippen LogP contribution in [0.5, 0.6) is 0 Å². The Hall–Kier alpha value is -1.26. The van der Waals surface area contributed by atoms with Gasteiger partial charge in [0.15, 0.2) is 0 Å². The number of hydrogen-bond acceptors (Lipinski definition) is 1. The normalized spacial score (nSPS) is 19.0. The molecule has 1 atom stereocenters. The van der Waals surface area contributed by atoms with Gasteiger partial charge in [0, 0.05) is 19.0 Å². The van der Waals surface area contributed by atoms with Crippen molar-refractivity contribution in [3.8, 4) is 11.8 Å². The van der Waals surface area contributed by atoms with Gasteiger partial charge in [-0.25, -0.2) is 0 Å². The maximum atomic E-state index is 3.45. The minimum absolute atomic E-state index is 0.448. The van der Waals surface area contributed by atoms with Gasteiger partial charge in [-0.05, 0) is 18.1 Å². The number of hydrogen-bond donors (Lipinski definition) is 1. The van der Waals surface area contributed by atoms with Gasteiger partial charge in [0.25, 0.3) is 0 Å². The largest absolute Gasteiger partial charge is 0.305 e. The summed E-state index contributed by atoms with van der Waals surface area (Å²) in [5.74, 6) is 6.05. The highest BCUT2D eigenvalue weighted by atomic mass is 14.9. The van der Waals surface area contributed by atoms with E-state index >= 15 is 0 Å². The molecule has 1 aromatic carbocycles. The van der Waals surface area contributed by atoms with E-state index in [0.717, 1.165) is 13.0 Å². The molecule has 0 fully saturated rings. The Bertz CT molecular complexity index is 357. The maximum absolute atomic E-state index is 3.45. The van der Waals surface area contributed by atoms with E-state index < -0.39 is 0 Å². The van der Waals surface area contributed by atoms with Crippen LogP contribution < -0.4 is 5.32 Å². The first kappa shape index (κ1) is 8.34. The van der Waals surface area contributed by atoms with E-state index in [4.69, 9.17) is 0 Å². The highest BCUT2D eigenvalue weighted by Gasteiger charge is 2.19. The molecule has 1 aliphatic heterocycles. The van der Waals surface area contributed by atoms with Crippen LogP contribution in [-0.2, 0) is 6.54 Å². The van der Waals surface area contributed by atoms with Crippen molar-refractivity contribution in [2.24, 2.45) is 0 Å². The van der Waals surface area contributed by atoms with Crippen LogP contribution in [0.4, 0.5) is 0 Å². The maximum Gasteiger partial charge on any atom is 0.0436 e. The minimum Gasteiger partial charge on any atom is -0.305 e. The fourth-order valence-electron chi connectivity index (χ4n) is 1.76. The van der Waals surface area contributed by atoms with Gasteiger partial charge in [-0.15, -0.1) is 11.8 Å². The Kier molecular flexibility index (Phi) is 2.33. The summed E-state index contributed by atoms with van der Waals surface area (Å²) in [6, 6.07) is 9.01. The van der Waals surface area contributed by atoms with Crippen LogP contribution in [-0.4, -0.2) is 0 Å². The SMILES string of the molecule is CC#CCC1NCc2ccccc21. The second-order valence-corrected chi connectivity index (χ2v) is 3.26. The van der Waals surface area contributed by atoms with Gasteiger partial charge in [-0.3, -0.25) is 0 Å². The van der Waals surface area contributed by atoms with Gasteiger partial charge in [0.1, 0.15) is 0 Å². The zero-order chi connectivity index (χ0) is 9.10. The van der Waals surface area contributed by atoms with E-state index in [-0.39, 0.29) is 0 Å². The van der Waals surface area contributed by atoms with Crippen molar-refractivity contribution < 1.29 is 0 Å². The fraction of sp³-hybridized carbons (Fsp3) is 0.333. The highest BCUT2D eigenvalue weighted by molar-refractivity contribution is 5.34. The van der Waals surface area contributed by atoms with E-state index in [2.05, 4.69) is 41.4 Å². The second kappa shape index (κ2) is 3.64. The number of rotatable bonds is 1. The van der Waals surface area contributed by atoms with Crippen LogP contribution in [0.1, 0.15) is 30.5 Å². The van der Waals surface area contributed by atoms with E-state index in [1.165, 1.54) is 11.1 Å². The van der Waals surface area contributed by atoms with Crippen molar-refractivity contribution in [3.63, 3.8) is 0 Å². The van der Waals surface area contributed by atoms with Crippen molar-refractivity contribution in [1.82, 2.24) is 5.32 Å². The summed E-state index contributed by atoms with van der Waals surface area (Å²) in [7, 11) is 0. The zero-order valence-electron chi connectivity index (χ0n) is 7.80. The molecule has 2 rings (SSSR count). The monoisotopic (exact) mass is 171 g/mol. The lowest BCUT2D eigenvalue weighted by molar-refractivity contribution is 0.598. The molecular weight excluding hydrogens is 158 g/mol. The number of fused-ring (bicyclic) bond motifs is 1. The number of benzene rings is 1. The van der Waals surface area contributed by atoms with Gasteiger partial charge in [-0.1, -0.05) is 24.3 Å². The first-order valence-corrected chi connectivity index (χ1v) is 4.62. The molecule has 0 saturated carbocycles. The summed E-state index contributed by atoms with van der Waals surface area (Å²) in [5.41, 5.74) is 2.84. The first-order chi connectivity index (χ1) is 6.42. The van der Waals surface area contributed by atoms with Gasteiger partial charge >= 0.3 is 0 Å². The average Bonchev–Trinajstić information content (AvgIpc) is 2.58. The lowest BCUT2D eigenvalue weighted by atomic mass is 10.0. The second-order valence-electron chi connectivity index (χ2n) is 3.26. The van der Waals surface area contributed by atoms with Crippen molar-refractivity contribution in [3.05, 3.63) is 35.4 Å². The third-order valence-corrected chi connectivity index (χ3v) is 2.45. The Balaban J connectivity index is 2.21. The van der Waals surface area contributed by atoms with Crippen molar-refractivity contribution in [2.45, 2.75) is 25.9 Å². The Morgan fingerprint density at radius 3 is 3.15 bits per heavy atom. The third-order valence-electron chi connectivity index (χ3n) is 2.45. The molecule has 1 aromatic rings. The third kappa shape index (κ3) is 1.59. The summed E-state index contributed by atoms with van der Waals surface area (Å²) in [5, 5.41) is 3.45. The lowest BCUT2D eigenvalue weighted by Crippen LogP contribution is -2.10. The molecule has 0 aliphatic carbocycles. The smallest absolute Gasteiger partial charge is 0.0436 e. The molecule has 1 unspecified atom stereocenters. The Morgan fingerprint density at radius 1 is 1.46 bits per heavy atom. The van der Waals surface area contributed by atoms with Crippen LogP contribution in [0.2, 0.25) is 0 Å². The summed E-state index contributed by atoms with van der Waals surface area (Å²) < 4.78 is 0. The first-order valence-electron chi connectivity index (χ1n) is 4.62. The summed E-state index contributed by atoms with van der Waals surface area (Å²) >= 11 is 0. The van der Waals surface area contributed by atoms with Gasteiger partial charge < -0.3 is 5.32 Å².